The van der Waals surface area contributed by atoms with Crippen LogP contribution in [0.3, 0.4) is 0 Å². The summed E-state index contributed by atoms with van der Waals surface area (Å²) in [6, 6.07) is 10.9. The van der Waals surface area contributed by atoms with E-state index in [1.807, 2.05) is 6.07 Å². The molecule has 0 bridgehead atoms. The summed E-state index contributed by atoms with van der Waals surface area (Å²) in [4.78, 5) is 18.2. The van der Waals surface area contributed by atoms with Gasteiger partial charge in [-0.05, 0) is 37.2 Å². The maximum atomic E-state index is 11.6. The maximum absolute atomic E-state index is 11.6. The molecule has 0 radical (unpaired) electrons. The van der Waals surface area contributed by atoms with Crippen LogP contribution in [0.5, 0.6) is 0 Å². The highest BCUT2D eigenvalue weighted by Crippen LogP contribution is 2.22. The fraction of sp³-hybridized carbons (Fsp3) is 0.619. The van der Waals surface area contributed by atoms with Gasteiger partial charge in [-0.25, -0.2) is 4.79 Å². The zero-order valence-electron chi connectivity index (χ0n) is 17.5. The highest BCUT2D eigenvalue weighted by Gasteiger charge is 2.24. The Kier molecular flexibility index (Phi) is 10.6. The molecule has 1 fully saturated rings. The minimum absolute atomic E-state index is 0. The number of carbonyl (C=O) groups excluding carboxylic acids is 1. The van der Waals surface area contributed by atoms with Crippen molar-refractivity contribution in [2.24, 2.45) is 10.4 Å². The van der Waals surface area contributed by atoms with Crippen LogP contribution in [0.15, 0.2) is 35.3 Å². The van der Waals surface area contributed by atoms with Crippen molar-refractivity contribution < 1.29 is 9.53 Å². The molecule has 7 heteroatoms. The number of amides is 1. The van der Waals surface area contributed by atoms with E-state index in [0.29, 0.717) is 19.1 Å². The molecule has 1 aromatic rings. The molecule has 0 saturated carbocycles. The van der Waals surface area contributed by atoms with Crippen molar-refractivity contribution in [3.63, 3.8) is 0 Å². The van der Waals surface area contributed by atoms with Gasteiger partial charge in [-0.15, -0.1) is 24.0 Å². The smallest absolute Gasteiger partial charge is 0.409 e. The van der Waals surface area contributed by atoms with Crippen LogP contribution >= 0.6 is 24.0 Å². The van der Waals surface area contributed by atoms with Gasteiger partial charge < -0.3 is 20.3 Å². The Morgan fingerprint density at radius 2 is 1.89 bits per heavy atom. The van der Waals surface area contributed by atoms with Crippen molar-refractivity contribution in [1.29, 1.82) is 0 Å². The standard InChI is InChI=1S/C21H34N4O2.HI/c1-5-22-19(24-18-11-13-25(14-12-18)20(26)27-4)23-16-21(2,3)15-17-9-7-6-8-10-17;/h6-10,18H,5,11-16H2,1-4H3,(H2,22,23,24);1H. The van der Waals surface area contributed by atoms with Gasteiger partial charge in [-0.2, -0.15) is 0 Å². The Labute approximate surface area is 186 Å². The van der Waals surface area contributed by atoms with Crippen LogP contribution in [0.1, 0.15) is 39.2 Å². The Hall–Kier alpha value is -1.51. The Bertz CT molecular complexity index is 614. The SMILES string of the molecule is CCNC(=NCC(C)(C)Cc1ccccc1)NC1CCN(C(=O)OC)CC1.I. The molecule has 158 valence electrons. The maximum Gasteiger partial charge on any atom is 0.409 e. The fourth-order valence-electron chi connectivity index (χ4n) is 3.35. The van der Waals surface area contributed by atoms with Crippen LogP contribution in [0, 0.1) is 5.41 Å². The summed E-state index contributed by atoms with van der Waals surface area (Å²) >= 11 is 0. The average molecular weight is 502 g/mol. The van der Waals surface area contributed by atoms with Gasteiger partial charge in [0.2, 0.25) is 0 Å². The minimum atomic E-state index is -0.239. The van der Waals surface area contributed by atoms with Gasteiger partial charge in [-0.3, -0.25) is 4.99 Å². The number of piperidine rings is 1. The highest BCUT2D eigenvalue weighted by molar-refractivity contribution is 14.0. The number of halogens is 1. The quantitative estimate of drug-likeness (QED) is 0.354. The molecule has 28 heavy (non-hydrogen) atoms. The largest absolute Gasteiger partial charge is 0.453 e. The first-order valence-corrected chi connectivity index (χ1v) is 9.85. The fourth-order valence-corrected chi connectivity index (χ4v) is 3.35. The molecule has 0 atom stereocenters. The second-order valence-electron chi connectivity index (χ2n) is 7.90. The molecular formula is C21H35IN4O2. The number of carbonyl (C=O) groups is 1. The number of likely N-dealkylation sites (tertiary alicyclic amines) is 1. The van der Waals surface area contributed by atoms with Gasteiger partial charge in [-0.1, -0.05) is 44.2 Å². The molecule has 0 unspecified atom stereocenters. The van der Waals surface area contributed by atoms with Crippen LogP contribution in [-0.2, 0) is 11.2 Å². The number of hydrogen-bond acceptors (Lipinski definition) is 3. The molecule has 0 spiro atoms. The molecule has 1 aliphatic heterocycles. The average Bonchev–Trinajstić information content (AvgIpc) is 2.67. The van der Waals surface area contributed by atoms with Gasteiger partial charge in [0.15, 0.2) is 5.96 Å². The van der Waals surface area contributed by atoms with E-state index in [4.69, 9.17) is 9.73 Å². The van der Waals surface area contributed by atoms with E-state index in [1.54, 1.807) is 4.90 Å². The van der Waals surface area contributed by atoms with Crippen molar-refractivity contribution >= 4 is 36.0 Å². The number of rotatable bonds is 6. The first-order chi connectivity index (χ1) is 12.9. The number of guanidine groups is 1. The lowest BCUT2D eigenvalue weighted by atomic mass is 9.86. The third-order valence-corrected chi connectivity index (χ3v) is 4.80. The van der Waals surface area contributed by atoms with Gasteiger partial charge in [0.05, 0.1) is 7.11 Å². The first-order valence-electron chi connectivity index (χ1n) is 9.85. The molecule has 2 rings (SSSR count). The summed E-state index contributed by atoms with van der Waals surface area (Å²) in [5.41, 5.74) is 1.42. The van der Waals surface area contributed by atoms with Crippen LogP contribution in [0.4, 0.5) is 4.79 Å². The van der Waals surface area contributed by atoms with Gasteiger partial charge in [0.25, 0.3) is 0 Å². The monoisotopic (exact) mass is 502 g/mol. The molecule has 0 aliphatic carbocycles. The summed E-state index contributed by atoms with van der Waals surface area (Å²) in [6.07, 6.45) is 2.55. The van der Waals surface area contributed by atoms with Crippen LogP contribution in [0.2, 0.25) is 0 Å². The number of benzene rings is 1. The third kappa shape index (κ3) is 8.24. The second-order valence-corrected chi connectivity index (χ2v) is 7.90. The molecule has 6 nitrogen and oxygen atoms in total. The van der Waals surface area contributed by atoms with Crippen molar-refractivity contribution in [2.75, 3.05) is 33.3 Å². The van der Waals surface area contributed by atoms with Gasteiger partial charge >= 0.3 is 6.09 Å². The number of nitrogens with one attached hydrogen (secondary N) is 2. The Morgan fingerprint density at radius 3 is 2.46 bits per heavy atom. The molecule has 1 aliphatic rings. The number of nitrogens with zero attached hydrogens (tertiary/aromatic N) is 2. The third-order valence-electron chi connectivity index (χ3n) is 4.80. The van der Waals surface area contributed by atoms with Crippen molar-refractivity contribution in [2.45, 2.75) is 46.1 Å². The van der Waals surface area contributed by atoms with E-state index in [0.717, 1.165) is 38.3 Å². The predicted octanol–water partition coefficient (Wildman–Crippen LogP) is 3.66. The molecule has 1 amide bonds. The summed E-state index contributed by atoms with van der Waals surface area (Å²) in [5.74, 6) is 0.857. The summed E-state index contributed by atoms with van der Waals surface area (Å²) in [5, 5.41) is 6.88. The highest BCUT2D eigenvalue weighted by atomic mass is 127. The molecular weight excluding hydrogens is 467 g/mol. The molecule has 1 saturated heterocycles. The first kappa shape index (κ1) is 24.5. The van der Waals surface area contributed by atoms with Crippen LogP contribution in [-0.4, -0.2) is 56.3 Å². The van der Waals surface area contributed by atoms with E-state index < -0.39 is 0 Å². The van der Waals surface area contributed by atoms with Crippen molar-refractivity contribution in [3.8, 4) is 0 Å². The van der Waals surface area contributed by atoms with E-state index in [1.165, 1.54) is 12.7 Å². The lowest BCUT2D eigenvalue weighted by molar-refractivity contribution is 0.111. The molecule has 1 heterocycles. The lowest BCUT2D eigenvalue weighted by Crippen LogP contribution is -2.50. The van der Waals surface area contributed by atoms with E-state index >= 15 is 0 Å². The Balaban J connectivity index is 0.00000392. The Morgan fingerprint density at radius 1 is 1.25 bits per heavy atom. The summed E-state index contributed by atoms with van der Waals surface area (Å²) < 4.78 is 4.80. The zero-order valence-corrected chi connectivity index (χ0v) is 19.9. The topological polar surface area (TPSA) is 66.0 Å². The van der Waals surface area contributed by atoms with E-state index in [-0.39, 0.29) is 35.5 Å². The molecule has 1 aromatic carbocycles. The zero-order chi connectivity index (χ0) is 19.7. The summed E-state index contributed by atoms with van der Waals surface area (Å²) in [6.45, 7) is 9.58. The van der Waals surface area contributed by atoms with Crippen molar-refractivity contribution in [3.05, 3.63) is 35.9 Å². The van der Waals surface area contributed by atoms with E-state index in [9.17, 15) is 4.79 Å². The summed E-state index contributed by atoms with van der Waals surface area (Å²) in [7, 11) is 1.43. The number of hydrogen-bond donors (Lipinski definition) is 2. The van der Waals surface area contributed by atoms with Crippen LogP contribution < -0.4 is 10.6 Å². The molecule has 2 N–H and O–H groups in total. The van der Waals surface area contributed by atoms with E-state index in [2.05, 4.69) is 55.7 Å². The molecule has 0 aromatic heterocycles. The van der Waals surface area contributed by atoms with Gasteiger partial charge in [0.1, 0.15) is 0 Å². The van der Waals surface area contributed by atoms with Crippen molar-refractivity contribution in [1.82, 2.24) is 15.5 Å². The normalized spacial score (nSPS) is 15.6. The number of methoxy groups -OCH3 is 1. The van der Waals surface area contributed by atoms with Crippen LogP contribution in [0.25, 0.3) is 0 Å². The van der Waals surface area contributed by atoms with Gasteiger partial charge in [0, 0.05) is 32.2 Å². The lowest BCUT2D eigenvalue weighted by Gasteiger charge is -2.32. The second kappa shape index (κ2) is 12.1. The minimum Gasteiger partial charge on any atom is -0.453 e. The number of ether oxygens (including phenoxy) is 1. The predicted molar refractivity (Wildman–Crippen MR) is 125 cm³/mol. The number of aliphatic imine (C=N–C) groups is 1.